The molecular formula is C34H29NO8. The van der Waals surface area contributed by atoms with E-state index >= 15 is 0 Å². The molecule has 0 aliphatic carbocycles. The van der Waals surface area contributed by atoms with Crippen molar-refractivity contribution in [1.82, 2.24) is 4.98 Å². The van der Waals surface area contributed by atoms with Crippen LogP contribution in [0.3, 0.4) is 0 Å². The highest BCUT2D eigenvalue weighted by molar-refractivity contribution is 6.15. The molecule has 3 aromatic carbocycles. The van der Waals surface area contributed by atoms with E-state index in [1.54, 1.807) is 6.92 Å². The van der Waals surface area contributed by atoms with Crippen molar-refractivity contribution >= 4 is 17.9 Å². The van der Waals surface area contributed by atoms with Gasteiger partial charge in [-0.3, -0.25) is 0 Å². The monoisotopic (exact) mass is 579 g/mol. The average molecular weight is 580 g/mol. The highest BCUT2D eigenvalue weighted by atomic mass is 16.5. The van der Waals surface area contributed by atoms with Crippen molar-refractivity contribution < 1.29 is 38.1 Å². The maximum absolute atomic E-state index is 13.8. The molecule has 6 rings (SSSR count). The van der Waals surface area contributed by atoms with E-state index in [4.69, 9.17) is 28.7 Å². The summed E-state index contributed by atoms with van der Waals surface area (Å²) in [6.45, 7) is 2.54. The molecule has 0 fully saturated rings. The fourth-order valence-electron chi connectivity index (χ4n) is 5.93. The zero-order valence-corrected chi connectivity index (χ0v) is 24.0. The summed E-state index contributed by atoms with van der Waals surface area (Å²) in [4.78, 5) is 46.0. The molecular weight excluding hydrogens is 550 g/mol. The number of fused-ring (bicyclic) bond motifs is 2. The second-order valence-corrected chi connectivity index (χ2v) is 10.0. The van der Waals surface area contributed by atoms with E-state index in [2.05, 4.69) is 0 Å². The van der Waals surface area contributed by atoms with Gasteiger partial charge in [-0.25, -0.2) is 19.4 Å². The van der Waals surface area contributed by atoms with E-state index in [0.29, 0.717) is 44.6 Å². The quantitative estimate of drug-likeness (QED) is 0.195. The van der Waals surface area contributed by atoms with Crippen LogP contribution in [-0.2, 0) is 50.1 Å². The summed E-state index contributed by atoms with van der Waals surface area (Å²) >= 11 is 0. The van der Waals surface area contributed by atoms with Gasteiger partial charge in [0, 0.05) is 27.8 Å². The smallest absolute Gasteiger partial charge is 0.357 e. The van der Waals surface area contributed by atoms with Crippen LogP contribution in [0.4, 0.5) is 0 Å². The molecule has 2 aliphatic heterocycles. The Morgan fingerprint density at radius 2 is 1.14 bits per heavy atom. The zero-order valence-electron chi connectivity index (χ0n) is 24.0. The molecule has 9 nitrogen and oxygen atoms in total. The number of hydrogen-bond donors (Lipinski definition) is 0. The Bertz CT molecular complexity index is 1750. The minimum absolute atomic E-state index is 0.00693. The number of aromatic nitrogens is 1. The summed E-state index contributed by atoms with van der Waals surface area (Å²) in [6.07, 6.45) is 0. The van der Waals surface area contributed by atoms with Gasteiger partial charge < -0.3 is 23.7 Å². The van der Waals surface area contributed by atoms with Gasteiger partial charge >= 0.3 is 17.9 Å². The number of pyridine rings is 1. The largest absolute Gasteiger partial charge is 0.465 e. The van der Waals surface area contributed by atoms with Crippen molar-refractivity contribution in [2.24, 2.45) is 0 Å². The second kappa shape index (κ2) is 11.8. The van der Waals surface area contributed by atoms with Gasteiger partial charge in [-0.05, 0) is 29.2 Å². The van der Waals surface area contributed by atoms with Gasteiger partial charge in [0.05, 0.1) is 64.1 Å². The first-order valence-electron chi connectivity index (χ1n) is 13.9. The predicted octanol–water partition coefficient (Wildman–Crippen LogP) is 5.89. The summed E-state index contributed by atoms with van der Waals surface area (Å²) in [5.74, 6) is -2.16. The lowest BCUT2D eigenvalue weighted by atomic mass is 9.80. The number of carbonyl (C=O) groups excluding carboxylic acids is 3. The normalized spacial score (nSPS) is 13.3. The number of nitrogens with zero attached hydrogens (tertiary/aromatic N) is 1. The molecule has 0 saturated heterocycles. The highest BCUT2D eigenvalue weighted by Gasteiger charge is 2.39. The minimum atomic E-state index is -0.767. The Morgan fingerprint density at radius 3 is 1.70 bits per heavy atom. The third-order valence-corrected chi connectivity index (χ3v) is 7.72. The lowest BCUT2D eigenvalue weighted by molar-refractivity contribution is 0.0518. The molecule has 3 heterocycles. The van der Waals surface area contributed by atoms with E-state index in [1.165, 1.54) is 14.2 Å². The first-order chi connectivity index (χ1) is 21.0. The summed E-state index contributed by atoms with van der Waals surface area (Å²) in [6, 6.07) is 18.8. The molecule has 0 spiro atoms. The van der Waals surface area contributed by atoms with Crippen LogP contribution in [0, 0.1) is 0 Å². The summed E-state index contributed by atoms with van der Waals surface area (Å²) in [5.41, 5.74) is 6.12. The molecule has 218 valence electrons. The van der Waals surface area contributed by atoms with Crippen molar-refractivity contribution in [1.29, 1.82) is 0 Å². The number of benzene rings is 3. The Morgan fingerprint density at radius 1 is 0.651 bits per heavy atom. The van der Waals surface area contributed by atoms with Crippen LogP contribution in [0.5, 0.6) is 0 Å². The summed E-state index contributed by atoms with van der Waals surface area (Å²) in [7, 11) is 2.50. The Balaban J connectivity index is 1.80. The third-order valence-electron chi connectivity index (χ3n) is 7.72. The number of hydrogen-bond acceptors (Lipinski definition) is 9. The molecule has 1 aromatic heterocycles. The molecule has 0 radical (unpaired) electrons. The van der Waals surface area contributed by atoms with Crippen LogP contribution in [0.1, 0.15) is 60.4 Å². The molecule has 0 unspecified atom stereocenters. The van der Waals surface area contributed by atoms with Crippen molar-refractivity contribution in [2.75, 3.05) is 20.8 Å². The van der Waals surface area contributed by atoms with E-state index in [-0.39, 0.29) is 49.9 Å². The van der Waals surface area contributed by atoms with Crippen LogP contribution in [0.25, 0.3) is 33.5 Å². The molecule has 4 aromatic rings. The maximum atomic E-state index is 13.8. The lowest BCUT2D eigenvalue weighted by Crippen LogP contribution is -2.20. The Kier molecular flexibility index (Phi) is 7.75. The summed E-state index contributed by atoms with van der Waals surface area (Å²) in [5, 5.41) is 0. The first kappa shape index (κ1) is 28.3. The van der Waals surface area contributed by atoms with Gasteiger partial charge in [-0.1, -0.05) is 60.7 Å². The Hall–Kier alpha value is -4.86. The molecule has 0 atom stereocenters. The lowest BCUT2D eigenvalue weighted by Gasteiger charge is -2.24. The van der Waals surface area contributed by atoms with Gasteiger partial charge in [0.25, 0.3) is 0 Å². The molecule has 0 amide bonds. The van der Waals surface area contributed by atoms with Gasteiger partial charge in [-0.15, -0.1) is 0 Å². The standard InChI is InChI=1S/C34H29NO8/c1-4-43-34(38)31-27(23-17-42-18-24(23)30(35-31)20-13-9-6-10-14-20)26-22-16-41-15-21(22)25(19-11-7-5-8-12-19)28(32(36)39-2)29(26)33(37)40-3/h5-14H,4,15-18H2,1-3H3. The zero-order chi connectivity index (χ0) is 30.1. The molecule has 0 saturated carbocycles. The molecule has 0 bridgehead atoms. The maximum Gasteiger partial charge on any atom is 0.357 e. The third kappa shape index (κ3) is 4.76. The van der Waals surface area contributed by atoms with Gasteiger partial charge in [0.2, 0.25) is 0 Å². The SMILES string of the molecule is CCOC(=O)c1nc(-c2ccccc2)c2c(c1-c1c3c(c(-c4ccccc4)c(C(=O)OC)c1C(=O)OC)COC3)COC2. The molecule has 43 heavy (non-hydrogen) atoms. The van der Waals surface area contributed by atoms with Crippen molar-refractivity contribution in [3.63, 3.8) is 0 Å². The number of esters is 3. The molecule has 2 aliphatic rings. The van der Waals surface area contributed by atoms with E-state index in [9.17, 15) is 14.4 Å². The topological polar surface area (TPSA) is 110 Å². The van der Waals surface area contributed by atoms with Crippen LogP contribution >= 0.6 is 0 Å². The van der Waals surface area contributed by atoms with Crippen LogP contribution in [0.15, 0.2) is 60.7 Å². The van der Waals surface area contributed by atoms with Gasteiger partial charge in [0.1, 0.15) is 0 Å². The average Bonchev–Trinajstić information content (AvgIpc) is 3.74. The van der Waals surface area contributed by atoms with E-state index in [1.807, 2.05) is 60.7 Å². The van der Waals surface area contributed by atoms with Gasteiger partial charge in [0.15, 0.2) is 5.69 Å². The number of ether oxygens (including phenoxy) is 5. The summed E-state index contributed by atoms with van der Waals surface area (Å²) < 4.78 is 27.9. The highest BCUT2D eigenvalue weighted by Crippen LogP contribution is 2.48. The number of carbonyl (C=O) groups is 3. The second-order valence-electron chi connectivity index (χ2n) is 10.0. The molecule has 9 heteroatoms. The van der Waals surface area contributed by atoms with Crippen molar-refractivity contribution in [3.8, 4) is 33.5 Å². The molecule has 0 N–H and O–H groups in total. The predicted molar refractivity (Wildman–Crippen MR) is 156 cm³/mol. The van der Waals surface area contributed by atoms with Crippen molar-refractivity contribution in [3.05, 3.63) is 99.7 Å². The fourth-order valence-corrected chi connectivity index (χ4v) is 5.93. The van der Waals surface area contributed by atoms with Crippen molar-refractivity contribution in [2.45, 2.75) is 33.4 Å². The van der Waals surface area contributed by atoms with Crippen LogP contribution < -0.4 is 0 Å². The van der Waals surface area contributed by atoms with E-state index in [0.717, 1.165) is 11.1 Å². The van der Waals surface area contributed by atoms with Gasteiger partial charge in [-0.2, -0.15) is 0 Å². The fraction of sp³-hybridized carbons (Fsp3) is 0.235. The van der Waals surface area contributed by atoms with Crippen LogP contribution in [0.2, 0.25) is 0 Å². The number of rotatable bonds is 7. The first-order valence-corrected chi connectivity index (χ1v) is 13.9. The van der Waals surface area contributed by atoms with E-state index < -0.39 is 17.9 Å². The van der Waals surface area contributed by atoms with Crippen LogP contribution in [-0.4, -0.2) is 43.7 Å². The number of methoxy groups -OCH3 is 2. The Labute approximate surface area is 248 Å². The minimum Gasteiger partial charge on any atom is -0.465 e.